The summed E-state index contributed by atoms with van der Waals surface area (Å²) in [5.74, 6) is -0.844. The summed E-state index contributed by atoms with van der Waals surface area (Å²) in [4.78, 5) is 11.9. The Labute approximate surface area is 192 Å². The molecule has 176 valence electrons. The summed E-state index contributed by atoms with van der Waals surface area (Å²) in [6.45, 7) is 7.10. The third-order valence-corrected chi connectivity index (χ3v) is 8.54. The fourth-order valence-corrected chi connectivity index (χ4v) is 6.76. The molecule has 1 aromatic heterocycles. The summed E-state index contributed by atoms with van der Waals surface area (Å²) < 4.78 is 30.1. The largest absolute Gasteiger partial charge is 0.480 e. The van der Waals surface area contributed by atoms with Gasteiger partial charge in [0.25, 0.3) is 0 Å². The molecule has 2 aliphatic rings. The van der Waals surface area contributed by atoms with Gasteiger partial charge < -0.3 is 9.67 Å². The van der Waals surface area contributed by atoms with Gasteiger partial charge in [-0.15, -0.1) is 0 Å². The van der Waals surface area contributed by atoms with Crippen LogP contribution in [0.4, 0.5) is 0 Å². The van der Waals surface area contributed by atoms with Crippen LogP contribution >= 0.6 is 0 Å². The number of aromatic nitrogens is 1. The third kappa shape index (κ3) is 4.94. The number of rotatable bonds is 6. The second-order valence-electron chi connectivity index (χ2n) is 8.43. The Bertz CT molecular complexity index is 1050. The minimum atomic E-state index is -3.51. The lowest BCUT2D eigenvalue weighted by Crippen LogP contribution is -2.28. The second-order valence-corrected chi connectivity index (χ2v) is 10.3. The number of fused-ring (bicyclic) bond motifs is 1. The van der Waals surface area contributed by atoms with E-state index in [1.165, 1.54) is 5.56 Å². The molecule has 32 heavy (non-hydrogen) atoms. The zero-order valence-electron chi connectivity index (χ0n) is 19.6. The SMILES string of the molecule is CC.Cc1c(Cc2ccccc2S(=O)(=O)N2CCCC2)c2c(n1CC(=O)O)CCCCC2. The molecule has 0 amide bonds. The van der Waals surface area contributed by atoms with E-state index in [4.69, 9.17) is 0 Å². The molecule has 2 heterocycles. The zero-order chi connectivity index (χ0) is 23.3. The van der Waals surface area contributed by atoms with Gasteiger partial charge in [0.1, 0.15) is 6.54 Å². The molecule has 0 saturated carbocycles. The maximum absolute atomic E-state index is 13.3. The van der Waals surface area contributed by atoms with Gasteiger partial charge in [-0.2, -0.15) is 4.31 Å². The van der Waals surface area contributed by atoms with Crippen LogP contribution in [-0.2, 0) is 40.6 Å². The van der Waals surface area contributed by atoms with E-state index < -0.39 is 16.0 Å². The van der Waals surface area contributed by atoms with Gasteiger partial charge in [0.2, 0.25) is 10.0 Å². The summed E-state index contributed by atoms with van der Waals surface area (Å²) in [6, 6.07) is 7.29. The van der Waals surface area contributed by atoms with Gasteiger partial charge in [0.15, 0.2) is 0 Å². The lowest BCUT2D eigenvalue weighted by molar-refractivity contribution is -0.137. The van der Waals surface area contributed by atoms with Crippen molar-refractivity contribution in [3.8, 4) is 0 Å². The maximum atomic E-state index is 13.3. The molecule has 1 saturated heterocycles. The third-order valence-electron chi connectivity index (χ3n) is 6.54. The van der Waals surface area contributed by atoms with Crippen molar-refractivity contribution in [1.82, 2.24) is 8.87 Å². The molecule has 0 unspecified atom stereocenters. The molecule has 1 aliphatic heterocycles. The first-order chi connectivity index (χ1) is 15.4. The Hall–Kier alpha value is -2.12. The average Bonchev–Trinajstić information content (AvgIpc) is 3.32. The van der Waals surface area contributed by atoms with E-state index in [1.54, 1.807) is 16.4 Å². The molecule has 1 N–H and O–H groups in total. The van der Waals surface area contributed by atoms with E-state index in [0.29, 0.717) is 24.4 Å². The van der Waals surface area contributed by atoms with E-state index in [1.807, 2.05) is 37.5 Å². The highest BCUT2D eigenvalue weighted by Crippen LogP contribution is 2.33. The van der Waals surface area contributed by atoms with Crippen molar-refractivity contribution >= 4 is 16.0 Å². The van der Waals surface area contributed by atoms with Crippen LogP contribution in [0.3, 0.4) is 0 Å². The molecule has 1 aromatic carbocycles. The molecule has 7 heteroatoms. The Morgan fingerprint density at radius 2 is 1.66 bits per heavy atom. The van der Waals surface area contributed by atoms with E-state index >= 15 is 0 Å². The van der Waals surface area contributed by atoms with Gasteiger partial charge in [-0.1, -0.05) is 38.5 Å². The molecule has 2 aromatic rings. The van der Waals surface area contributed by atoms with Crippen LogP contribution < -0.4 is 0 Å². The van der Waals surface area contributed by atoms with E-state index in [-0.39, 0.29) is 6.54 Å². The number of carboxylic acids is 1. The van der Waals surface area contributed by atoms with Crippen LogP contribution in [0.1, 0.15) is 74.0 Å². The van der Waals surface area contributed by atoms with Crippen molar-refractivity contribution < 1.29 is 18.3 Å². The quantitative estimate of drug-likeness (QED) is 0.641. The van der Waals surface area contributed by atoms with Gasteiger partial charge in [-0.05, 0) is 68.2 Å². The highest BCUT2D eigenvalue weighted by molar-refractivity contribution is 7.89. The first-order valence-corrected chi connectivity index (χ1v) is 13.3. The van der Waals surface area contributed by atoms with Crippen molar-refractivity contribution in [2.75, 3.05) is 13.1 Å². The van der Waals surface area contributed by atoms with Crippen molar-refractivity contribution in [3.05, 3.63) is 52.3 Å². The van der Waals surface area contributed by atoms with Crippen LogP contribution in [0.25, 0.3) is 0 Å². The molecular weight excluding hydrogens is 424 g/mol. The molecule has 0 bridgehead atoms. The van der Waals surface area contributed by atoms with Crippen LogP contribution in [0.15, 0.2) is 29.2 Å². The van der Waals surface area contributed by atoms with Crippen LogP contribution in [-0.4, -0.2) is 41.5 Å². The first-order valence-electron chi connectivity index (χ1n) is 11.9. The van der Waals surface area contributed by atoms with Crippen molar-refractivity contribution in [2.45, 2.75) is 83.6 Å². The van der Waals surface area contributed by atoms with Gasteiger partial charge in [0, 0.05) is 30.9 Å². The Morgan fingerprint density at radius 3 is 2.34 bits per heavy atom. The molecule has 0 spiro atoms. The van der Waals surface area contributed by atoms with Gasteiger partial charge in [0.05, 0.1) is 4.90 Å². The number of hydrogen-bond acceptors (Lipinski definition) is 3. The van der Waals surface area contributed by atoms with E-state index in [2.05, 4.69) is 0 Å². The van der Waals surface area contributed by atoms with Gasteiger partial charge in [-0.3, -0.25) is 4.79 Å². The smallest absolute Gasteiger partial charge is 0.323 e. The summed E-state index contributed by atoms with van der Waals surface area (Å²) in [6.07, 6.45) is 7.44. The summed E-state index contributed by atoms with van der Waals surface area (Å²) in [5, 5.41) is 9.43. The van der Waals surface area contributed by atoms with E-state index in [9.17, 15) is 18.3 Å². The predicted molar refractivity (Wildman–Crippen MR) is 127 cm³/mol. The average molecular weight is 461 g/mol. The van der Waals surface area contributed by atoms with Crippen LogP contribution in [0, 0.1) is 6.92 Å². The zero-order valence-corrected chi connectivity index (χ0v) is 20.4. The lowest BCUT2D eigenvalue weighted by atomic mass is 9.98. The van der Waals surface area contributed by atoms with Crippen LogP contribution in [0.5, 0.6) is 0 Å². The number of hydrogen-bond donors (Lipinski definition) is 1. The fourth-order valence-electron chi connectivity index (χ4n) is 5.02. The van der Waals surface area contributed by atoms with Crippen molar-refractivity contribution in [1.29, 1.82) is 0 Å². The Kier molecular flexibility index (Phi) is 8.17. The van der Waals surface area contributed by atoms with Crippen LogP contribution in [0.2, 0.25) is 0 Å². The molecule has 1 aliphatic carbocycles. The minimum Gasteiger partial charge on any atom is -0.480 e. The topological polar surface area (TPSA) is 79.6 Å². The highest BCUT2D eigenvalue weighted by atomic mass is 32.2. The molecular formula is C25H36N2O4S. The van der Waals surface area contributed by atoms with Crippen molar-refractivity contribution in [3.63, 3.8) is 0 Å². The number of nitrogens with zero attached hydrogens (tertiary/aromatic N) is 2. The molecule has 4 rings (SSSR count). The number of carbonyl (C=O) groups is 1. The Morgan fingerprint density at radius 1 is 1.00 bits per heavy atom. The van der Waals surface area contributed by atoms with Gasteiger partial charge in [-0.25, -0.2) is 8.42 Å². The normalized spacial score (nSPS) is 16.7. The fraction of sp³-hybridized carbons (Fsp3) is 0.560. The predicted octanol–water partition coefficient (Wildman–Crippen LogP) is 4.55. The number of aliphatic carboxylic acids is 1. The second kappa shape index (κ2) is 10.7. The molecule has 6 nitrogen and oxygen atoms in total. The monoisotopic (exact) mass is 460 g/mol. The highest BCUT2D eigenvalue weighted by Gasteiger charge is 2.30. The standard InChI is InChI=1S/C23H30N2O4S.C2H6/c1-17-20(19-10-3-2-4-11-21(19)25(17)16-23(26)27)15-18-9-5-6-12-22(18)30(28,29)24-13-7-8-14-24;1-2/h5-6,9,12H,2-4,7-8,10-11,13-16H2,1H3,(H,26,27);1-2H3. The van der Waals surface area contributed by atoms with E-state index in [0.717, 1.165) is 67.5 Å². The Balaban J connectivity index is 0.00000141. The van der Waals surface area contributed by atoms with Gasteiger partial charge >= 0.3 is 5.97 Å². The molecule has 0 radical (unpaired) electrons. The minimum absolute atomic E-state index is 0.0398. The van der Waals surface area contributed by atoms with Crippen molar-refractivity contribution in [2.24, 2.45) is 0 Å². The number of benzene rings is 1. The molecule has 1 fully saturated rings. The number of sulfonamides is 1. The maximum Gasteiger partial charge on any atom is 0.323 e. The summed E-state index contributed by atoms with van der Waals surface area (Å²) in [7, 11) is -3.51. The first kappa shape index (κ1) is 24.5. The number of carboxylic acid groups (broad SMARTS) is 1. The summed E-state index contributed by atoms with van der Waals surface area (Å²) in [5.41, 5.74) is 5.23. The summed E-state index contributed by atoms with van der Waals surface area (Å²) >= 11 is 0. The molecule has 0 atom stereocenters. The lowest BCUT2D eigenvalue weighted by Gasteiger charge is -2.18.